The van der Waals surface area contributed by atoms with Crippen molar-refractivity contribution in [2.75, 3.05) is 0 Å². The van der Waals surface area contributed by atoms with Gasteiger partial charge in [-0.3, -0.25) is 4.79 Å². The largest absolute Gasteiger partial charge is 0.268 e. The highest BCUT2D eigenvalue weighted by Gasteiger charge is 2.21. The van der Waals surface area contributed by atoms with E-state index in [0.717, 1.165) is 17.9 Å². The Kier molecular flexibility index (Phi) is 1.49. The van der Waals surface area contributed by atoms with Crippen LogP contribution in [0.4, 0.5) is 0 Å². The van der Waals surface area contributed by atoms with Crippen molar-refractivity contribution < 1.29 is 0 Å². The number of aromatic amines is 1. The minimum Gasteiger partial charge on any atom is -0.268 e. The molecular weight excluding hydrogens is 140 g/mol. The highest BCUT2D eigenvalue weighted by molar-refractivity contribution is 5.06. The molecule has 1 heterocycles. The Morgan fingerprint density at radius 3 is 3.18 bits per heavy atom. The fraction of sp³-hybridized carbons (Fsp3) is 0.500. The third-order valence-electron chi connectivity index (χ3n) is 1.88. The van der Waals surface area contributed by atoms with E-state index in [-0.39, 0.29) is 5.56 Å². The summed E-state index contributed by atoms with van der Waals surface area (Å²) in [6.45, 7) is 0. The highest BCUT2D eigenvalue weighted by Crippen LogP contribution is 2.31. The molecule has 0 aromatic carbocycles. The maximum atomic E-state index is 10.8. The first-order valence-corrected chi connectivity index (χ1v) is 3.81. The molecule has 57 valence electrons. The molecule has 1 aromatic heterocycles. The Hall–Kier alpha value is -1.12. The average molecular weight is 149 g/mol. The topological polar surface area (TPSA) is 45.8 Å². The van der Waals surface area contributed by atoms with Crippen LogP contribution in [-0.2, 0) is 6.42 Å². The summed E-state index contributed by atoms with van der Waals surface area (Å²) in [5, 5.41) is 5.91. The zero-order valence-electron chi connectivity index (χ0n) is 6.13. The lowest BCUT2D eigenvalue weighted by molar-refractivity contribution is 0.810. The van der Waals surface area contributed by atoms with Gasteiger partial charge >= 0.3 is 0 Å². The number of nitrogens with zero attached hydrogens (tertiary/aromatic N) is 1. The van der Waals surface area contributed by atoms with Gasteiger partial charge in [-0.2, -0.15) is 5.10 Å². The second-order valence-electron chi connectivity index (χ2n) is 3.02. The van der Waals surface area contributed by atoms with Crippen LogP contribution in [0.15, 0.2) is 10.9 Å². The van der Waals surface area contributed by atoms with Crippen molar-refractivity contribution in [3.63, 3.8) is 0 Å². The lowest BCUT2D eigenvalue weighted by atomic mass is 10.1. The second-order valence-corrected chi connectivity index (χ2v) is 3.02. The fourth-order valence-corrected chi connectivity index (χ4v) is 1.12. The van der Waals surface area contributed by atoms with Crippen LogP contribution in [0.1, 0.15) is 18.4 Å². The number of hydrogen-bond donors (Lipinski definition) is 1. The molecule has 0 atom stereocenters. The molecule has 1 saturated carbocycles. The molecule has 1 aliphatic carbocycles. The van der Waals surface area contributed by atoms with Gasteiger partial charge in [0.1, 0.15) is 6.20 Å². The Balaban J connectivity index is 2.16. The average Bonchev–Trinajstić information content (AvgIpc) is 2.71. The van der Waals surface area contributed by atoms with E-state index in [9.17, 15) is 4.79 Å². The molecule has 3 nitrogen and oxygen atoms in total. The molecule has 3 heteroatoms. The van der Waals surface area contributed by atoms with Crippen molar-refractivity contribution >= 4 is 0 Å². The first kappa shape index (κ1) is 6.58. The molecule has 1 radical (unpaired) electrons. The monoisotopic (exact) mass is 149 g/mol. The minimum atomic E-state index is -0.126. The van der Waals surface area contributed by atoms with Gasteiger partial charge in [-0.15, -0.1) is 0 Å². The smallest absolute Gasteiger partial charge is 0.264 e. The van der Waals surface area contributed by atoms with E-state index in [2.05, 4.69) is 16.4 Å². The summed E-state index contributed by atoms with van der Waals surface area (Å²) < 4.78 is 0. The van der Waals surface area contributed by atoms with E-state index in [1.807, 2.05) is 0 Å². The molecule has 11 heavy (non-hydrogen) atoms. The molecule has 1 fully saturated rings. The van der Waals surface area contributed by atoms with Gasteiger partial charge in [-0.05, 0) is 30.7 Å². The Morgan fingerprint density at radius 1 is 1.73 bits per heavy atom. The normalized spacial score (nSPS) is 16.7. The fourth-order valence-electron chi connectivity index (χ4n) is 1.12. The van der Waals surface area contributed by atoms with Gasteiger partial charge in [-0.1, -0.05) is 0 Å². The van der Waals surface area contributed by atoms with E-state index in [4.69, 9.17) is 0 Å². The zero-order chi connectivity index (χ0) is 7.68. The van der Waals surface area contributed by atoms with Crippen molar-refractivity contribution in [2.45, 2.75) is 19.3 Å². The SMILES string of the molecule is O=c1cc(CC2CC2)[c]n[nH]1. The summed E-state index contributed by atoms with van der Waals surface area (Å²) in [6.07, 6.45) is 6.33. The molecule has 1 N–H and O–H groups in total. The van der Waals surface area contributed by atoms with E-state index >= 15 is 0 Å². The third kappa shape index (κ3) is 1.67. The van der Waals surface area contributed by atoms with Gasteiger partial charge in [0, 0.05) is 6.07 Å². The van der Waals surface area contributed by atoms with Crippen LogP contribution in [0.5, 0.6) is 0 Å². The first-order valence-electron chi connectivity index (χ1n) is 3.81. The van der Waals surface area contributed by atoms with E-state index in [0.29, 0.717) is 0 Å². The van der Waals surface area contributed by atoms with Crippen molar-refractivity contribution in [3.8, 4) is 0 Å². The number of aromatic nitrogens is 2. The lowest BCUT2D eigenvalue weighted by Gasteiger charge is -1.93. The van der Waals surface area contributed by atoms with Gasteiger partial charge in [0.05, 0.1) is 0 Å². The standard InChI is InChI=1S/C8H9N2O/c11-8-4-7(5-9-10-8)3-6-1-2-6/h4,6H,1-3H2,(H,10,11). The predicted molar refractivity (Wildman–Crippen MR) is 40.1 cm³/mol. The van der Waals surface area contributed by atoms with Crippen molar-refractivity contribution in [1.82, 2.24) is 10.2 Å². The van der Waals surface area contributed by atoms with Crippen molar-refractivity contribution in [3.05, 3.63) is 28.2 Å². The predicted octanol–water partition coefficient (Wildman–Crippen LogP) is 0.523. The summed E-state index contributed by atoms with van der Waals surface area (Å²) in [5.41, 5.74) is 0.815. The Bertz CT molecular complexity index is 301. The first-order chi connectivity index (χ1) is 5.34. The molecule has 1 aromatic rings. The van der Waals surface area contributed by atoms with E-state index in [1.165, 1.54) is 12.8 Å². The molecule has 0 aliphatic heterocycles. The highest BCUT2D eigenvalue weighted by atomic mass is 16.1. The van der Waals surface area contributed by atoms with E-state index in [1.54, 1.807) is 6.07 Å². The Morgan fingerprint density at radius 2 is 2.55 bits per heavy atom. The molecule has 1 aliphatic rings. The van der Waals surface area contributed by atoms with Crippen LogP contribution in [0.2, 0.25) is 0 Å². The lowest BCUT2D eigenvalue weighted by Crippen LogP contribution is -2.07. The number of hydrogen-bond acceptors (Lipinski definition) is 2. The van der Waals surface area contributed by atoms with Crippen LogP contribution in [-0.4, -0.2) is 10.2 Å². The number of nitrogens with one attached hydrogen (secondary N) is 1. The van der Waals surface area contributed by atoms with Crippen LogP contribution in [0.25, 0.3) is 0 Å². The van der Waals surface area contributed by atoms with Crippen molar-refractivity contribution in [2.24, 2.45) is 5.92 Å². The third-order valence-corrected chi connectivity index (χ3v) is 1.88. The van der Waals surface area contributed by atoms with Crippen LogP contribution in [0, 0.1) is 12.1 Å². The summed E-state index contributed by atoms with van der Waals surface area (Å²) in [5.74, 6) is 0.787. The summed E-state index contributed by atoms with van der Waals surface area (Å²) in [7, 11) is 0. The van der Waals surface area contributed by atoms with Crippen molar-refractivity contribution in [1.29, 1.82) is 0 Å². The molecule has 0 saturated heterocycles. The van der Waals surface area contributed by atoms with Gasteiger partial charge in [0.2, 0.25) is 0 Å². The molecule has 2 rings (SSSR count). The zero-order valence-corrected chi connectivity index (χ0v) is 6.13. The molecule has 0 spiro atoms. The second kappa shape index (κ2) is 2.49. The number of rotatable bonds is 2. The van der Waals surface area contributed by atoms with Gasteiger partial charge in [-0.25, -0.2) is 5.10 Å². The number of H-pyrrole nitrogens is 1. The summed E-state index contributed by atoms with van der Waals surface area (Å²) in [6, 6.07) is 1.57. The Labute approximate surface area is 64.5 Å². The van der Waals surface area contributed by atoms with Gasteiger partial charge in [0.25, 0.3) is 5.56 Å². The maximum absolute atomic E-state index is 10.8. The van der Waals surface area contributed by atoms with E-state index < -0.39 is 0 Å². The quantitative estimate of drug-likeness (QED) is 0.666. The molecule has 0 amide bonds. The minimum absolute atomic E-state index is 0.126. The summed E-state index contributed by atoms with van der Waals surface area (Å²) >= 11 is 0. The van der Waals surface area contributed by atoms with Crippen LogP contribution in [0.3, 0.4) is 0 Å². The molecule has 0 unspecified atom stereocenters. The van der Waals surface area contributed by atoms with Gasteiger partial charge in [0.15, 0.2) is 0 Å². The van der Waals surface area contributed by atoms with Gasteiger partial charge < -0.3 is 0 Å². The summed E-state index contributed by atoms with van der Waals surface area (Å²) in [4.78, 5) is 10.8. The van der Waals surface area contributed by atoms with Crippen LogP contribution >= 0.6 is 0 Å². The maximum Gasteiger partial charge on any atom is 0.264 e. The molecule has 0 bridgehead atoms. The molecular formula is C8H9N2O. The van der Waals surface area contributed by atoms with Crippen LogP contribution < -0.4 is 5.56 Å².